The Morgan fingerprint density at radius 2 is 1.57 bits per heavy atom. The third-order valence-electron chi connectivity index (χ3n) is 5.19. The number of anilines is 1. The van der Waals surface area contributed by atoms with E-state index >= 15 is 0 Å². The predicted molar refractivity (Wildman–Crippen MR) is 92.7 cm³/mol. The average molecular weight is 392 g/mol. The van der Waals surface area contributed by atoms with Gasteiger partial charge in [-0.2, -0.15) is 13.2 Å². The van der Waals surface area contributed by atoms with Gasteiger partial charge in [-0.15, -0.1) is 0 Å². The maximum Gasteiger partial charge on any atom is 0.419 e. The van der Waals surface area contributed by atoms with Crippen molar-refractivity contribution in [3.05, 3.63) is 59.3 Å². The minimum Gasteiger partial charge on any atom is -0.311 e. The first-order valence-corrected chi connectivity index (χ1v) is 8.97. The van der Waals surface area contributed by atoms with Crippen molar-refractivity contribution in [2.75, 3.05) is 37.7 Å². The van der Waals surface area contributed by atoms with E-state index in [0.717, 1.165) is 17.2 Å². The van der Waals surface area contributed by atoms with Gasteiger partial charge >= 0.3 is 6.18 Å². The Bertz CT molecular complexity index is 871. The van der Waals surface area contributed by atoms with Crippen molar-refractivity contribution in [2.24, 2.45) is 0 Å². The number of pyridine rings is 1. The molecule has 0 spiro atoms. The minimum absolute atomic E-state index is 0.272. The molecule has 0 aliphatic carbocycles. The first-order chi connectivity index (χ1) is 13.3. The number of piperazine rings is 1. The van der Waals surface area contributed by atoms with Crippen LogP contribution in [0.1, 0.15) is 26.3 Å². The van der Waals surface area contributed by atoms with Gasteiger partial charge in [0.25, 0.3) is 17.6 Å². The summed E-state index contributed by atoms with van der Waals surface area (Å²) in [6, 6.07) is 9.27. The number of aromatic nitrogens is 1. The number of alkyl halides is 3. The summed E-state index contributed by atoms with van der Waals surface area (Å²) in [5, 5.41) is 0. The lowest BCUT2D eigenvalue weighted by Gasteiger charge is -2.30. The number of carbonyl (C=O) groups excluding carboxylic acids is 2. The lowest BCUT2D eigenvalue weighted by molar-refractivity contribution is -0.907. The first-order valence-electron chi connectivity index (χ1n) is 8.97. The van der Waals surface area contributed by atoms with Gasteiger partial charge in [-0.25, -0.2) is 9.88 Å². The van der Waals surface area contributed by atoms with Gasteiger partial charge in [0.15, 0.2) is 6.67 Å². The molecule has 2 aliphatic rings. The molecule has 1 saturated heterocycles. The third kappa shape index (κ3) is 3.33. The molecule has 2 aliphatic heterocycles. The summed E-state index contributed by atoms with van der Waals surface area (Å²) in [6.07, 6.45) is -3.41. The fraction of sp³-hybridized carbons (Fsp3) is 0.316. The second kappa shape index (κ2) is 6.90. The van der Waals surface area contributed by atoms with E-state index in [1.165, 1.54) is 11.0 Å². The average Bonchev–Trinajstić information content (AvgIpc) is 2.93. The highest BCUT2D eigenvalue weighted by atomic mass is 19.4. The van der Waals surface area contributed by atoms with Gasteiger partial charge in [-0.1, -0.05) is 12.1 Å². The number of benzene rings is 1. The van der Waals surface area contributed by atoms with Crippen molar-refractivity contribution in [3.8, 4) is 0 Å². The number of imide groups is 1. The van der Waals surface area contributed by atoms with Crippen LogP contribution in [0.4, 0.5) is 19.0 Å². The normalized spacial score (nSPS) is 18.0. The first kappa shape index (κ1) is 18.4. The van der Waals surface area contributed by atoms with Crippen LogP contribution in [-0.2, 0) is 6.18 Å². The second-order valence-corrected chi connectivity index (χ2v) is 6.94. The number of hydrogen-bond acceptors (Lipinski definition) is 3. The molecular weight excluding hydrogens is 373 g/mol. The van der Waals surface area contributed by atoms with Crippen LogP contribution in [0.5, 0.6) is 0 Å². The maximum absolute atomic E-state index is 12.7. The van der Waals surface area contributed by atoms with Crippen molar-refractivity contribution >= 4 is 17.6 Å². The summed E-state index contributed by atoms with van der Waals surface area (Å²) in [7, 11) is 0. The molecule has 1 aromatic carbocycles. The van der Waals surface area contributed by atoms with Crippen LogP contribution in [0, 0.1) is 0 Å². The zero-order valence-electron chi connectivity index (χ0n) is 14.9. The number of H-pyrrole nitrogens is 1. The van der Waals surface area contributed by atoms with E-state index in [0.29, 0.717) is 43.1 Å². The number of nitrogens with zero attached hydrogens (tertiary/aromatic N) is 2. The molecule has 0 atom stereocenters. The Balaban J connectivity index is 1.36. The lowest BCUT2D eigenvalue weighted by atomic mass is 10.1. The highest BCUT2D eigenvalue weighted by Gasteiger charge is 2.39. The summed E-state index contributed by atoms with van der Waals surface area (Å²) < 4.78 is 38.0. The van der Waals surface area contributed by atoms with Crippen molar-refractivity contribution in [1.29, 1.82) is 0 Å². The summed E-state index contributed by atoms with van der Waals surface area (Å²) >= 11 is 0. The van der Waals surface area contributed by atoms with E-state index in [1.807, 2.05) is 4.90 Å². The Morgan fingerprint density at radius 3 is 2.07 bits per heavy atom. The van der Waals surface area contributed by atoms with Crippen LogP contribution in [-0.4, -0.2) is 49.6 Å². The fourth-order valence-corrected chi connectivity index (χ4v) is 3.62. The Hall–Kier alpha value is -2.94. The molecule has 1 aromatic heterocycles. The Labute approximate surface area is 159 Å². The SMILES string of the molecule is O=C1c2ccccc2C(=O)N1C[NH+]1CCN(c2ccc(C(F)(F)F)c[nH+]2)CC1. The summed E-state index contributed by atoms with van der Waals surface area (Å²) in [6.45, 7) is 2.85. The van der Waals surface area contributed by atoms with Crippen LogP contribution < -0.4 is 14.8 Å². The molecule has 6 nitrogen and oxygen atoms in total. The number of carbonyl (C=O) groups is 2. The Kier molecular flexibility index (Phi) is 4.54. The smallest absolute Gasteiger partial charge is 0.311 e. The van der Waals surface area contributed by atoms with Crippen LogP contribution in [0.3, 0.4) is 0 Å². The minimum atomic E-state index is -4.37. The number of aromatic amines is 1. The highest BCUT2D eigenvalue weighted by molar-refractivity contribution is 6.21. The van der Waals surface area contributed by atoms with Gasteiger partial charge in [0.1, 0.15) is 32.4 Å². The standard InChI is InChI=1S/C19H17F3N4O2/c20-19(21,22)13-5-6-16(23-11-13)25-9-7-24(8-10-25)12-26-17(27)14-3-1-2-4-15(14)18(26)28/h1-6,11H,7-10,12H2/p+2. The number of hydrogen-bond donors (Lipinski definition) is 1. The van der Waals surface area contributed by atoms with E-state index in [4.69, 9.17) is 0 Å². The molecule has 3 heterocycles. The zero-order chi connectivity index (χ0) is 19.9. The van der Waals surface area contributed by atoms with E-state index in [2.05, 4.69) is 4.98 Å². The molecule has 28 heavy (non-hydrogen) atoms. The lowest BCUT2D eigenvalue weighted by Crippen LogP contribution is -3.16. The number of nitrogens with one attached hydrogen (secondary N) is 2. The number of halogens is 3. The second-order valence-electron chi connectivity index (χ2n) is 6.94. The number of amides is 2. The molecular formula is C19H19F3N4O2+2. The number of quaternary nitrogens is 1. The molecule has 0 saturated carbocycles. The monoisotopic (exact) mass is 392 g/mol. The van der Waals surface area contributed by atoms with Gasteiger partial charge in [0.2, 0.25) is 0 Å². The van der Waals surface area contributed by atoms with Gasteiger partial charge in [0, 0.05) is 6.07 Å². The molecule has 2 amide bonds. The predicted octanol–water partition coefficient (Wildman–Crippen LogP) is 0.478. The third-order valence-corrected chi connectivity index (χ3v) is 5.19. The highest BCUT2D eigenvalue weighted by Crippen LogP contribution is 2.28. The number of rotatable bonds is 3. The topological polar surface area (TPSA) is 59.2 Å². The van der Waals surface area contributed by atoms with Gasteiger partial charge < -0.3 is 4.90 Å². The van der Waals surface area contributed by atoms with Crippen molar-refractivity contribution < 1.29 is 32.6 Å². The molecule has 146 valence electrons. The summed E-state index contributed by atoms with van der Waals surface area (Å²) in [5.41, 5.74) is 0.154. The molecule has 2 aromatic rings. The molecule has 0 unspecified atom stereocenters. The molecule has 4 rings (SSSR count). The molecule has 0 bridgehead atoms. The van der Waals surface area contributed by atoms with Crippen molar-refractivity contribution in [3.63, 3.8) is 0 Å². The van der Waals surface area contributed by atoms with Crippen LogP contribution in [0.15, 0.2) is 42.6 Å². The van der Waals surface area contributed by atoms with Gasteiger partial charge in [0.05, 0.1) is 16.7 Å². The number of fused-ring (bicyclic) bond motifs is 1. The van der Waals surface area contributed by atoms with Gasteiger partial charge in [-0.05, 0) is 18.2 Å². The van der Waals surface area contributed by atoms with E-state index < -0.39 is 11.7 Å². The largest absolute Gasteiger partial charge is 0.419 e. The summed E-state index contributed by atoms with van der Waals surface area (Å²) in [5.74, 6) is 0.0750. The zero-order valence-corrected chi connectivity index (χ0v) is 14.9. The van der Waals surface area contributed by atoms with Gasteiger partial charge in [-0.3, -0.25) is 14.5 Å². The summed E-state index contributed by atoms with van der Waals surface area (Å²) in [4.78, 5) is 32.0. The fourth-order valence-electron chi connectivity index (χ4n) is 3.62. The van der Waals surface area contributed by atoms with Crippen molar-refractivity contribution in [1.82, 2.24) is 4.90 Å². The quantitative estimate of drug-likeness (QED) is 0.773. The molecule has 9 heteroatoms. The van der Waals surface area contributed by atoms with E-state index in [-0.39, 0.29) is 18.5 Å². The Morgan fingerprint density at radius 1 is 0.964 bits per heavy atom. The molecule has 1 fully saturated rings. The van der Waals surface area contributed by atoms with E-state index in [1.54, 1.807) is 24.3 Å². The molecule has 2 N–H and O–H groups in total. The van der Waals surface area contributed by atoms with Crippen molar-refractivity contribution in [2.45, 2.75) is 6.18 Å². The maximum atomic E-state index is 12.7. The van der Waals surface area contributed by atoms with E-state index in [9.17, 15) is 22.8 Å². The van der Waals surface area contributed by atoms with Crippen LogP contribution >= 0.6 is 0 Å². The van der Waals surface area contributed by atoms with Crippen LogP contribution in [0.2, 0.25) is 0 Å². The van der Waals surface area contributed by atoms with Crippen LogP contribution in [0.25, 0.3) is 0 Å². The molecule has 0 radical (unpaired) electrons.